The van der Waals surface area contributed by atoms with Crippen LogP contribution in [-0.4, -0.2) is 101 Å². The summed E-state index contributed by atoms with van der Waals surface area (Å²) >= 11 is 0. The molecule has 4 aliphatic rings. The Bertz CT molecular complexity index is 1600. The molecule has 2 saturated carbocycles. The summed E-state index contributed by atoms with van der Waals surface area (Å²) in [5.74, 6) is -0.149. The fourth-order valence-corrected chi connectivity index (χ4v) is 6.61. The van der Waals surface area contributed by atoms with Crippen molar-refractivity contribution in [2.24, 2.45) is 22.7 Å². The fourth-order valence-electron chi connectivity index (χ4n) is 6.61. The number of aliphatic hydroxyl groups excluding tert-OH is 1. The minimum absolute atomic E-state index is 0.0830. The number of anilines is 2. The van der Waals surface area contributed by atoms with Gasteiger partial charge in [0.2, 0.25) is 17.9 Å². The van der Waals surface area contributed by atoms with Crippen LogP contribution >= 0.6 is 0 Å². The highest BCUT2D eigenvalue weighted by atomic mass is 19.4. The molecule has 2 atom stereocenters. The first-order valence-electron chi connectivity index (χ1n) is 16.9. The van der Waals surface area contributed by atoms with Crippen LogP contribution in [0.25, 0.3) is 0 Å². The number of likely N-dealkylation sites (tertiary alicyclic amines) is 1. The normalized spacial score (nSPS) is 21.3. The fraction of sp³-hybridized carbons (Fsp3) is 0.606. The molecule has 2 aliphatic carbocycles. The van der Waals surface area contributed by atoms with Crippen molar-refractivity contribution in [1.82, 2.24) is 20.2 Å². The molecule has 0 bridgehead atoms. The molecular formula is C33H36F12N6O5. The van der Waals surface area contributed by atoms with E-state index >= 15 is 0 Å². The van der Waals surface area contributed by atoms with Gasteiger partial charge in [0.1, 0.15) is 0 Å². The van der Waals surface area contributed by atoms with Crippen molar-refractivity contribution in [3.63, 3.8) is 0 Å². The lowest BCUT2D eigenvalue weighted by Gasteiger charge is -2.33. The number of ether oxygens (including phenoxy) is 1. The predicted octanol–water partition coefficient (Wildman–Crippen LogP) is 6.63. The van der Waals surface area contributed by atoms with Crippen molar-refractivity contribution in [2.45, 2.75) is 75.4 Å². The van der Waals surface area contributed by atoms with Gasteiger partial charge in [-0.1, -0.05) is 0 Å². The van der Waals surface area contributed by atoms with E-state index in [-0.39, 0.29) is 36.7 Å². The van der Waals surface area contributed by atoms with Crippen molar-refractivity contribution in [1.29, 1.82) is 0 Å². The molecular weight excluding hydrogens is 788 g/mol. The molecule has 2 unspecified atom stereocenters. The molecule has 4 N–H and O–H groups in total. The summed E-state index contributed by atoms with van der Waals surface area (Å²) in [4.78, 5) is 44.8. The van der Waals surface area contributed by atoms with Crippen LogP contribution in [0, 0.1) is 22.7 Å². The number of hydrogen-bond acceptors (Lipinski definition) is 8. The summed E-state index contributed by atoms with van der Waals surface area (Å²) in [5.41, 5.74) is 1.32. The van der Waals surface area contributed by atoms with E-state index in [0.717, 1.165) is 42.9 Å². The lowest BCUT2D eigenvalue weighted by Crippen LogP contribution is -2.49. The highest BCUT2D eigenvalue weighted by Crippen LogP contribution is 2.60. The Labute approximate surface area is 310 Å². The zero-order chi connectivity index (χ0) is 41.7. The Kier molecular flexibility index (Phi) is 13.4. The van der Waals surface area contributed by atoms with Gasteiger partial charge in [-0.05, 0) is 86.7 Å². The average Bonchev–Trinajstić information content (AvgIpc) is 4.01. The molecule has 312 valence electrons. The van der Waals surface area contributed by atoms with Gasteiger partial charge in [-0.3, -0.25) is 19.6 Å². The van der Waals surface area contributed by atoms with Crippen LogP contribution < -0.4 is 16.0 Å². The van der Waals surface area contributed by atoms with Gasteiger partial charge in [-0.2, -0.15) is 52.7 Å². The van der Waals surface area contributed by atoms with Crippen LogP contribution in [0.5, 0.6) is 0 Å². The molecule has 2 aromatic heterocycles. The van der Waals surface area contributed by atoms with Gasteiger partial charge in [0.25, 0.3) is 6.10 Å². The highest BCUT2D eigenvalue weighted by molar-refractivity contribution is 5.95. The molecule has 4 heterocycles. The maximum atomic E-state index is 12.5. The summed E-state index contributed by atoms with van der Waals surface area (Å²) in [6, 6.07) is 6.89. The SMILES string of the molecule is O=C(Nc1ccncc1)C1CC12CCN(C(=O)OC(C(F)(F)F)C(F)(F)F)CC2.O=C(Nc1ccncc1)C1CC12CCNCC2.OC(C(F)(F)F)C(F)(F)F. The Balaban J connectivity index is 0.000000216. The number of rotatable bonds is 5. The quantitative estimate of drug-likeness (QED) is 0.246. The molecule has 2 saturated heterocycles. The highest BCUT2D eigenvalue weighted by Gasteiger charge is 2.62. The first-order chi connectivity index (χ1) is 25.9. The van der Waals surface area contributed by atoms with Crippen molar-refractivity contribution in [2.75, 3.05) is 36.8 Å². The molecule has 2 aliphatic heterocycles. The number of amides is 3. The van der Waals surface area contributed by atoms with E-state index in [1.54, 1.807) is 24.5 Å². The monoisotopic (exact) mass is 824 g/mol. The second kappa shape index (κ2) is 17.0. The standard InChI is InChI=1S/C17H17F6N3O3.C13H17N3O.C3H2F6O/c18-16(19,20)13(17(21,22)23)29-14(28)26-7-3-15(4-8-26)9-11(15)12(27)25-10-1-5-24-6-2-10;17-12(16-10-1-5-14-6-2-10)11-9-13(11)3-7-15-8-4-13;4-2(5,6)1(10)3(7,8)9/h1-2,5-6,11,13H,3-4,7-9H2,(H,24,25,27);1-2,5-6,11,15H,3-4,7-9H2,(H,14,16,17);1,10H. The third-order valence-corrected chi connectivity index (χ3v) is 9.96. The van der Waals surface area contributed by atoms with Crippen LogP contribution in [0.1, 0.15) is 38.5 Å². The van der Waals surface area contributed by atoms with E-state index < -0.39 is 48.4 Å². The van der Waals surface area contributed by atoms with Crippen molar-refractivity contribution in [3.05, 3.63) is 49.1 Å². The number of piperidine rings is 2. The number of pyridine rings is 2. The van der Waals surface area contributed by atoms with Crippen molar-refractivity contribution < 1.29 is 76.9 Å². The number of nitrogens with one attached hydrogen (secondary N) is 3. The van der Waals surface area contributed by atoms with E-state index in [4.69, 9.17) is 5.11 Å². The van der Waals surface area contributed by atoms with Crippen LogP contribution in [0.4, 0.5) is 68.9 Å². The van der Waals surface area contributed by atoms with Crippen LogP contribution in [-0.2, 0) is 14.3 Å². The van der Waals surface area contributed by atoms with Gasteiger partial charge in [-0.15, -0.1) is 0 Å². The largest absolute Gasteiger partial charge is 0.434 e. The van der Waals surface area contributed by atoms with Crippen LogP contribution in [0.15, 0.2) is 49.1 Å². The van der Waals surface area contributed by atoms with E-state index in [0.29, 0.717) is 30.4 Å². The summed E-state index contributed by atoms with van der Waals surface area (Å²) in [5, 5.41) is 16.5. The number of halogens is 12. The Hall–Kier alpha value is -4.41. The van der Waals surface area contributed by atoms with Crippen LogP contribution in [0.3, 0.4) is 0 Å². The zero-order valence-corrected chi connectivity index (χ0v) is 29.0. The number of alkyl halides is 12. The van der Waals surface area contributed by atoms with Crippen molar-refractivity contribution >= 4 is 29.3 Å². The summed E-state index contributed by atoms with van der Waals surface area (Å²) in [6.45, 7) is 1.94. The summed E-state index contributed by atoms with van der Waals surface area (Å²) < 4.78 is 145. The molecule has 2 spiro atoms. The van der Waals surface area contributed by atoms with E-state index in [1.165, 1.54) is 12.4 Å². The van der Waals surface area contributed by atoms with Crippen LogP contribution in [0.2, 0.25) is 0 Å². The smallest absolute Gasteiger partial charge is 0.426 e. The van der Waals surface area contributed by atoms with Gasteiger partial charge in [0, 0.05) is 61.1 Å². The maximum Gasteiger partial charge on any atom is 0.434 e. The van der Waals surface area contributed by atoms with Gasteiger partial charge in [0.15, 0.2) is 0 Å². The van der Waals surface area contributed by atoms with Crippen molar-refractivity contribution in [3.8, 4) is 0 Å². The molecule has 3 amide bonds. The number of nitrogens with zero attached hydrogens (tertiary/aromatic N) is 3. The third-order valence-electron chi connectivity index (χ3n) is 9.96. The number of aromatic nitrogens is 2. The minimum atomic E-state index is -5.75. The second-order valence-corrected chi connectivity index (χ2v) is 13.8. The van der Waals surface area contributed by atoms with Gasteiger partial charge in [0.05, 0.1) is 0 Å². The van der Waals surface area contributed by atoms with Gasteiger partial charge < -0.3 is 30.7 Å². The second-order valence-electron chi connectivity index (χ2n) is 13.8. The van der Waals surface area contributed by atoms with Gasteiger partial charge in [-0.25, -0.2) is 4.79 Å². The molecule has 6 rings (SSSR count). The molecule has 0 radical (unpaired) electrons. The minimum Gasteiger partial charge on any atom is -0.426 e. The lowest BCUT2D eigenvalue weighted by molar-refractivity contribution is -0.309. The third kappa shape index (κ3) is 11.8. The number of aliphatic hydroxyl groups is 1. The molecule has 23 heteroatoms. The zero-order valence-electron chi connectivity index (χ0n) is 29.0. The average molecular weight is 825 g/mol. The molecule has 4 fully saturated rings. The lowest BCUT2D eigenvalue weighted by atomic mass is 9.91. The first-order valence-corrected chi connectivity index (χ1v) is 16.9. The summed E-state index contributed by atoms with van der Waals surface area (Å²) in [6.07, 6.45) is -21.9. The maximum absolute atomic E-state index is 12.5. The van der Waals surface area contributed by atoms with Gasteiger partial charge >= 0.3 is 30.8 Å². The Morgan fingerprint density at radius 2 is 1.05 bits per heavy atom. The number of carbonyl (C=O) groups is 3. The van der Waals surface area contributed by atoms with E-state index in [9.17, 15) is 67.1 Å². The molecule has 2 aromatic rings. The Morgan fingerprint density at radius 3 is 1.39 bits per heavy atom. The predicted molar refractivity (Wildman–Crippen MR) is 170 cm³/mol. The van der Waals surface area contributed by atoms with E-state index in [1.807, 2.05) is 12.1 Å². The molecule has 11 nitrogen and oxygen atoms in total. The Morgan fingerprint density at radius 1 is 0.679 bits per heavy atom. The summed E-state index contributed by atoms with van der Waals surface area (Å²) in [7, 11) is 0. The molecule has 0 aromatic carbocycles. The number of hydrogen-bond donors (Lipinski definition) is 4. The first kappa shape index (κ1) is 44.3. The van der Waals surface area contributed by atoms with E-state index in [2.05, 4.69) is 30.7 Å². The number of carbonyl (C=O) groups excluding carboxylic acids is 3. The topological polar surface area (TPSA) is 146 Å². The molecule has 56 heavy (non-hydrogen) atoms.